The number of nitrogens with zero attached hydrogens (tertiary/aromatic N) is 1. The minimum absolute atomic E-state index is 0.170. The van der Waals surface area contributed by atoms with Crippen molar-refractivity contribution in [1.29, 1.82) is 0 Å². The van der Waals surface area contributed by atoms with Gasteiger partial charge < -0.3 is 24.8 Å². The van der Waals surface area contributed by atoms with Crippen LogP contribution < -0.4 is 20.1 Å². The summed E-state index contributed by atoms with van der Waals surface area (Å²) >= 11 is 7.68. The Morgan fingerprint density at radius 2 is 2.09 bits per heavy atom. The number of rotatable bonds is 10. The molecule has 1 aliphatic carbocycles. The Kier molecular flexibility index (Phi) is 8.79. The van der Waals surface area contributed by atoms with E-state index in [4.69, 9.17) is 25.8 Å². The van der Waals surface area contributed by atoms with Crippen molar-refractivity contribution >= 4 is 41.0 Å². The van der Waals surface area contributed by atoms with Gasteiger partial charge in [0.15, 0.2) is 0 Å². The maximum Gasteiger partial charge on any atom is 0.408 e. The highest BCUT2D eigenvalue weighted by Crippen LogP contribution is 2.35. The van der Waals surface area contributed by atoms with Crippen LogP contribution in [0.15, 0.2) is 30.5 Å². The van der Waals surface area contributed by atoms with Crippen molar-refractivity contribution in [2.75, 3.05) is 13.2 Å². The van der Waals surface area contributed by atoms with E-state index in [2.05, 4.69) is 15.6 Å². The van der Waals surface area contributed by atoms with Gasteiger partial charge in [0, 0.05) is 18.3 Å². The molecule has 184 valence electrons. The van der Waals surface area contributed by atoms with Gasteiger partial charge in [-0.15, -0.1) is 0 Å². The van der Waals surface area contributed by atoms with E-state index >= 15 is 0 Å². The highest BCUT2D eigenvalue weighted by Gasteiger charge is 2.22. The fourth-order valence-corrected chi connectivity index (χ4v) is 3.60. The van der Waals surface area contributed by atoms with E-state index in [1.165, 1.54) is 24.2 Å². The molecule has 34 heavy (non-hydrogen) atoms. The molecule has 2 amide bonds. The lowest BCUT2D eigenvalue weighted by Gasteiger charge is -2.19. The van der Waals surface area contributed by atoms with Crippen molar-refractivity contribution in [3.63, 3.8) is 0 Å². The minimum atomic E-state index is -0.636. The third kappa shape index (κ3) is 9.23. The highest BCUT2D eigenvalue weighted by molar-refractivity contribution is 7.14. The lowest BCUT2D eigenvalue weighted by molar-refractivity contribution is -0.120. The topological polar surface area (TPSA) is 98.8 Å². The smallest absolute Gasteiger partial charge is 0.408 e. The quantitative estimate of drug-likeness (QED) is 0.445. The van der Waals surface area contributed by atoms with Crippen LogP contribution in [0.25, 0.3) is 6.08 Å². The molecule has 3 rings (SSSR count). The summed E-state index contributed by atoms with van der Waals surface area (Å²) in [4.78, 5) is 28.8. The first kappa shape index (κ1) is 25.8. The molecule has 2 N–H and O–H groups in total. The highest BCUT2D eigenvalue weighted by atomic mass is 35.5. The predicted molar refractivity (Wildman–Crippen MR) is 133 cm³/mol. The maximum atomic E-state index is 12.0. The number of hydrogen-bond donors (Lipinski definition) is 2. The number of amides is 2. The number of aromatic nitrogens is 1. The van der Waals surface area contributed by atoms with Crippen LogP contribution in [0.5, 0.6) is 16.7 Å². The Labute approximate surface area is 208 Å². The Morgan fingerprint density at radius 1 is 1.32 bits per heavy atom. The van der Waals surface area contributed by atoms with Gasteiger partial charge in [0.1, 0.15) is 23.6 Å². The van der Waals surface area contributed by atoms with E-state index in [9.17, 15) is 9.59 Å². The molecule has 2 aromatic rings. The molecular weight excluding hydrogens is 478 g/mol. The zero-order valence-electron chi connectivity index (χ0n) is 19.7. The number of ether oxygens (including phenoxy) is 3. The van der Waals surface area contributed by atoms with Crippen LogP contribution in [-0.4, -0.2) is 41.8 Å². The Balaban J connectivity index is 1.44. The van der Waals surface area contributed by atoms with Crippen molar-refractivity contribution in [3.05, 3.63) is 40.4 Å². The zero-order chi connectivity index (χ0) is 24.7. The molecule has 0 aliphatic heterocycles. The number of carbonyl (C=O) groups is 2. The van der Waals surface area contributed by atoms with E-state index in [-0.39, 0.29) is 18.5 Å². The standard InChI is InChI=1S/C24H30ClN3O5S/c1-15(28-21(29)13-26-22(30)33-24(2,3)4)5-9-18-12-27-23(34-18)32-20-10-8-17(11-19(20)25)31-14-16-6-7-16/h5,8-12,15-16H,6-7,13-14H2,1-4H3,(H,26,30)(H,28,29)/b9-5+/t15-/m0/s1. The van der Waals surface area contributed by atoms with E-state index in [0.29, 0.717) is 21.9 Å². The molecule has 1 saturated carbocycles. The average Bonchev–Trinajstić information content (AvgIpc) is 3.47. The molecule has 1 heterocycles. The van der Waals surface area contributed by atoms with E-state index in [1.54, 1.807) is 39.1 Å². The molecule has 0 spiro atoms. The normalized spacial score (nSPS) is 14.5. The number of carbonyl (C=O) groups excluding carboxylic acids is 2. The summed E-state index contributed by atoms with van der Waals surface area (Å²) in [6.07, 6.45) is 7.16. The molecule has 1 fully saturated rings. The van der Waals surface area contributed by atoms with Crippen molar-refractivity contribution in [3.8, 4) is 16.7 Å². The van der Waals surface area contributed by atoms with Gasteiger partial charge in [0.25, 0.3) is 5.19 Å². The summed E-state index contributed by atoms with van der Waals surface area (Å²) in [6, 6.07) is 5.09. The van der Waals surface area contributed by atoms with Crippen molar-refractivity contribution < 1.29 is 23.8 Å². The van der Waals surface area contributed by atoms with E-state index in [1.807, 2.05) is 25.1 Å². The van der Waals surface area contributed by atoms with Crippen LogP contribution in [0, 0.1) is 5.92 Å². The van der Waals surface area contributed by atoms with E-state index < -0.39 is 11.7 Å². The van der Waals surface area contributed by atoms with Crippen LogP contribution in [0.3, 0.4) is 0 Å². The number of benzene rings is 1. The number of alkyl carbamates (subject to hydrolysis) is 1. The number of nitrogens with one attached hydrogen (secondary N) is 2. The molecule has 0 unspecified atom stereocenters. The molecule has 8 nitrogen and oxygen atoms in total. The van der Waals surface area contributed by atoms with Gasteiger partial charge in [0.05, 0.1) is 16.5 Å². The van der Waals surface area contributed by atoms with Crippen molar-refractivity contribution in [1.82, 2.24) is 15.6 Å². The second-order valence-electron chi connectivity index (χ2n) is 9.05. The summed E-state index contributed by atoms with van der Waals surface area (Å²) in [6.45, 7) is 7.64. The second kappa shape index (κ2) is 11.6. The average molecular weight is 508 g/mol. The van der Waals surface area contributed by atoms with Gasteiger partial charge in [-0.05, 0) is 64.7 Å². The lowest BCUT2D eigenvalue weighted by atomic mass is 10.2. The molecular formula is C24H30ClN3O5S. The first-order valence-electron chi connectivity index (χ1n) is 11.1. The fraction of sp³-hybridized carbons (Fsp3) is 0.458. The van der Waals surface area contributed by atoms with Gasteiger partial charge in [-0.1, -0.05) is 29.0 Å². The number of thiazole rings is 1. The molecule has 1 aliphatic rings. The zero-order valence-corrected chi connectivity index (χ0v) is 21.3. The molecule has 1 atom stereocenters. The molecule has 0 radical (unpaired) electrons. The SMILES string of the molecule is C[C@@H](/C=C/c1cnc(Oc2ccc(OCC3CC3)cc2Cl)s1)NC(=O)CNC(=O)OC(C)(C)C. The van der Waals surface area contributed by atoms with Gasteiger partial charge >= 0.3 is 6.09 Å². The first-order chi connectivity index (χ1) is 16.1. The van der Waals surface area contributed by atoms with Crippen molar-refractivity contribution in [2.24, 2.45) is 5.92 Å². The van der Waals surface area contributed by atoms with Crippen molar-refractivity contribution in [2.45, 2.75) is 52.2 Å². The largest absolute Gasteiger partial charge is 0.493 e. The van der Waals surface area contributed by atoms with Crippen LogP contribution in [-0.2, 0) is 9.53 Å². The molecule has 0 bridgehead atoms. The van der Waals surface area contributed by atoms with Crippen LogP contribution in [0.2, 0.25) is 5.02 Å². The lowest BCUT2D eigenvalue weighted by Crippen LogP contribution is -2.41. The van der Waals surface area contributed by atoms with Gasteiger partial charge in [-0.25, -0.2) is 9.78 Å². The third-order valence-electron chi connectivity index (χ3n) is 4.52. The third-order valence-corrected chi connectivity index (χ3v) is 5.65. The van der Waals surface area contributed by atoms with Crippen LogP contribution >= 0.6 is 22.9 Å². The van der Waals surface area contributed by atoms with E-state index in [0.717, 1.165) is 17.2 Å². The molecule has 0 saturated heterocycles. The Bertz CT molecular complexity index is 1030. The minimum Gasteiger partial charge on any atom is -0.493 e. The molecule has 1 aromatic carbocycles. The fourth-order valence-electron chi connectivity index (χ4n) is 2.70. The summed E-state index contributed by atoms with van der Waals surface area (Å²) in [7, 11) is 0. The molecule has 10 heteroatoms. The predicted octanol–water partition coefficient (Wildman–Crippen LogP) is 5.42. The first-order valence-corrected chi connectivity index (χ1v) is 12.3. The number of hydrogen-bond acceptors (Lipinski definition) is 7. The van der Waals surface area contributed by atoms with Gasteiger partial charge in [-0.3, -0.25) is 4.79 Å². The van der Waals surface area contributed by atoms with Gasteiger partial charge in [0.2, 0.25) is 5.91 Å². The number of halogens is 1. The Morgan fingerprint density at radius 3 is 2.76 bits per heavy atom. The van der Waals surface area contributed by atoms with Gasteiger partial charge in [-0.2, -0.15) is 0 Å². The monoisotopic (exact) mass is 507 g/mol. The molecule has 1 aromatic heterocycles. The summed E-state index contributed by atoms with van der Waals surface area (Å²) in [5.74, 6) is 1.57. The summed E-state index contributed by atoms with van der Waals surface area (Å²) in [5, 5.41) is 6.11. The maximum absolute atomic E-state index is 12.0. The Hall–Kier alpha value is -2.78. The van der Waals surface area contributed by atoms with Crippen LogP contribution in [0.1, 0.15) is 45.4 Å². The summed E-state index contributed by atoms with van der Waals surface area (Å²) < 4.78 is 16.6. The summed E-state index contributed by atoms with van der Waals surface area (Å²) in [5.41, 5.74) is -0.618. The second-order valence-corrected chi connectivity index (χ2v) is 10.5. The van der Waals surface area contributed by atoms with Crippen LogP contribution in [0.4, 0.5) is 4.79 Å².